The minimum atomic E-state index is -4.23. The molecule has 1 aliphatic carbocycles. The first-order valence-corrected chi connectivity index (χ1v) is 6.99. The Kier molecular flexibility index (Phi) is 4.62. The van der Waals surface area contributed by atoms with Crippen molar-refractivity contribution in [1.82, 2.24) is 4.90 Å². The van der Waals surface area contributed by atoms with Crippen molar-refractivity contribution >= 4 is 11.6 Å². The second-order valence-electron chi connectivity index (χ2n) is 5.38. The van der Waals surface area contributed by atoms with Crippen LogP contribution in [0.4, 0.5) is 13.2 Å². The average Bonchev–Trinajstić information content (AvgIpc) is 3.09. The van der Waals surface area contributed by atoms with Crippen molar-refractivity contribution in [2.24, 2.45) is 5.73 Å². The zero-order valence-corrected chi connectivity index (χ0v) is 12.0. The largest absolute Gasteiger partial charge is 0.401 e. The van der Waals surface area contributed by atoms with Crippen molar-refractivity contribution in [3.05, 3.63) is 34.9 Å². The van der Waals surface area contributed by atoms with E-state index < -0.39 is 24.8 Å². The third-order valence-electron chi connectivity index (χ3n) is 3.42. The maximum absolute atomic E-state index is 12.8. The van der Waals surface area contributed by atoms with E-state index in [1.54, 1.807) is 31.2 Å². The lowest BCUT2D eigenvalue weighted by atomic mass is 9.99. The second kappa shape index (κ2) is 5.92. The SMILES string of the molecule is CC(N)C(c1cccc(Cl)c1)N(CC(F)(F)F)C1CC1. The number of nitrogens with zero attached hydrogens (tertiary/aromatic N) is 1. The fraction of sp³-hybridized carbons (Fsp3) is 0.571. The van der Waals surface area contributed by atoms with Gasteiger partial charge in [0.2, 0.25) is 0 Å². The molecule has 1 aromatic carbocycles. The van der Waals surface area contributed by atoms with E-state index >= 15 is 0 Å². The topological polar surface area (TPSA) is 29.3 Å². The van der Waals surface area contributed by atoms with E-state index in [1.807, 2.05) is 0 Å². The van der Waals surface area contributed by atoms with Gasteiger partial charge < -0.3 is 5.73 Å². The highest BCUT2D eigenvalue weighted by molar-refractivity contribution is 6.30. The van der Waals surface area contributed by atoms with Crippen LogP contribution >= 0.6 is 11.6 Å². The summed E-state index contributed by atoms with van der Waals surface area (Å²) in [6.07, 6.45) is -2.64. The molecule has 0 amide bonds. The fourth-order valence-corrected chi connectivity index (χ4v) is 2.75. The van der Waals surface area contributed by atoms with Crippen molar-refractivity contribution in [2.45, 2.75) is 44.1 Å². The van der Waals surface area contributed by atoms with Crippen LogP contribution in [0.2, 0.25) is 5.02 Å². The van der Waals surface area contributed by atoms with Crippen LogP contribution in [0.25, 0.3) is 0 Å². The van der Waals surface area contributed by atoms with Gasteiger partial charge in [0.15, 0.2) is 0 Å². The van der Waals surface area contributed by atoms with Gasteiger partial charge in [0.1, 0.15) is 0 Å². The molecule has 0 spiro atoms. The zero-order valence-electron chi connectivity index (χ0n) is 11.2. The Bertz CT molecular complexity index is 458. The van der Waals surface area contributed by atoms with Gasteiger partial charge in [-0.15, -0.1) is 0 Å². The third kappa shape index (κ3) is 4.11. The Labute approximate surface area is 121 Å². The van der Waals surface area contributed by atoms with Gasteiger partial charge in [-0.25, -0.2) is 0 Å². The lowest BCUT2D eigenvalue weighted by Gasteiger charge is -2.35. The molecule has 2 rings (SSSR count). The number of rotatable bonds is 5. The van der Waals surface area contributed by atoms with Crippen LogP contribution in [0, 0.1) is 0 Å². The van der Waals surface area contributed by atoms with Gasteiger partial charge in [-0.05, 0) is 37.5 Å². The molecule has 1 aliphatic rings. The predicted octanol–water partition coefficient (Wildman–Crippen LogP) is 3.76. The molecule has 0 saturated heterocycles. The van der Waals surface area contributed by atoms with E-state index in [-0.39, 0.29) is 6.04 Å². The van der Waals surface area contributed by atoms with Crippen LogP contribution in [-0.2, 0) is 0 Å². The molecule has 1 saturated carbocycles. The summed E-state index contributed by atoms with van der Waals surface area (Å²) in [5.74, 6) is 0. The van der Waals surface area contributed by atoms with Gasteiger partial charge >= 0.3 is 6.18 Å². The Morgan fingerprint density at radius 2 is 2.05 bits per heavy atom. The summed E-state index contributed by atoms with van der Waals surface area (Å²) in [6, 6.07) is 6.01. The van der Waals surface area contributed by atoms with Gasteiger partial charge in [-0.2, -0.15) is 13.2 Å². The van der Waals surface area contributed by atoms with Gasteiger partial charge in [0, 0.05) is 17.1 Å². The number of benzene rings is 1. The first-order chi connectivity index (χ1) is 9.28. The smallest absolute Gasteiger partial charge is 0.326 e. The number of hydrogen-bond donors (Lipinski definition) is 1. The zero-order chi connectivity index (χ0) is 14.9. The summed E-state index contributed by atoms with van der Waals surface area (Å²) in [4.78, 5) is 1.47. The van der Waals surface area contributed by atoms with Gasteiger partial charge in [-0.3, -0.25) is 4.90 Å². The van der Waals surface area contributed by atoms with Crippen molar-refractivity contribution < 1.29 is 13.2 Å². The number of halogens is 4. The highest BCUT2D eigenvalue weighted by atomic mass is 35.5. The third-order valence-corrected chi connectivity index (χ3v) is 3.66. The minimum Gasteiger partial charge on any atom is -0.326 e. The van der Waals surface area contributed by atoms with E-state index in [2.05, 4.69) is 0 Å². The Balaban J connectivity index is 2.29. The molecule has 0 aromatic heterocycles. The molecule has 112 valence electrons. The Morgan fingerprint density at radius 3 is 2.50 bits per heavy atom. The molecule has 0 bridgehead atoms. The van der Waals surface area contributed by atoms with Gasteiger partial charge in [0.05, 0.1) is 12.6 Å². The lowest BCUT2D eigenvalue weighted by Crippen LogP contribution is -2.45. The van der Waals surface area contributed by atoms with E-state index in [9.17, 15) is 13.2 Å². The molecule has 0 heterocycles. The first kappa shape index (κ1) is 15.6. The number of alkyl halides is 3. The number of nitrogens with two attached hydrogens (primary N) is 1. The Morgan fingerprint density at radius 1 is 1.40 bits per heavy atom. The van der Waals surface area contributed by atoms with Crippen LogP contribution in [0.1, 0.15) is 31.4 Å². The molecule has 0 radical (unpaired) electrons. The van der Waals surface area contributed by atoms with E-state index in [0.717, 1.165) is 18.4 Å². The van der Waals surface area contributed by atoms with E-state index in [0.29, 0.717) is 5.02 Å². The van der Waals surface area contributed by atoms with Crippen molar-refractivity contribution in [2.75, 3.05) is 6.54 Å². The van der Waals surface area contributed by atoms with Gasteiger partial charge in [-0.1, -0.05) is 23.7 Å². The molecular weight excluding hydrogens is 289 g/mol. The van der Waals surface area contributed by atoms with Crippen molar-refractivity contribution in [3.63, 3.8) is 0 Å². The molecule has 2 atom stereocenters. The fourth-order valence-electron chi connectivity index (χ4n) is 2.56. The van der Waals surface area contributed by atoms with E-state index in [4.69, 9.17) is 17.3 Å². The van der Waals surface area contributed by atoms with Crippen LogP contribution in [-0.4, -0.2) is 29.7 Å². The highest BCUT2D eigenvalue weighted by Gasteiger charge is 2.42. The van der Waals surface area contributed by atoms with Crippen LogP contribution in [0.15, 0.2) is 24.3 Å². The Hall–Kier alpha value is -0.780. The second-order valence-corrected chi connectivity index (χ2v) is 5.81. The summed E-state index contributed by atoms with van der Waals surface area (Å²) in [5.41, 5.74) is 6.69. The summed E-state index contributed by atoms with van der Waals surface area (Å²) >= 11 is 5.95. The van der Waals surface area contributed by atoms with Crippen molar-refractivity contribution in [3.8, 4) is 0 Å². The summed E-state index contributed by atoms with van der Waals surface area (Å²) < 4.78 is 38.4. The molecule has 6 heteroatoms. The molecule has 20 heavy (non-hydrogen) atoms. The highest BCUT2D eigenvalue weighted by Crippen LogP contribution is 2.38. The monoisotopic (exact) mass is 306 g/mol. The standard InChI is InChI=1S/C14H18ClF3N2/c1-9(19)13(10-3-2-4-11(15)7-10)20(12-5-6-12)8-14(16,17)18/h2-4,7,9,12-13H,5-6,8,19H2,1H3. The lowest BCUT2D eigenvalue weighted by molar-refractivity contribution is -0.153. The molecule has 2 N–H and O–H groups in total. The van der Waals surface area contributed by atoms with Gasteiger partial charge in [0.25, 0.3) is 0 Å². The quantitative estimate of drug-likeness (QED) is 0.897. The molecular formula is C14H18ClF3N2. The van der Waals surface area contributed by atoms with Crippen LogP contribution in [0.5, 0.6) is 0 Å². The van der Waals surface area contributed by atoms with Crippen LogP contribution < -0.4 is 5.73 Å². The van der Waals surface area contributed by atoms with E-state index in [1.165, 1.54) is 4.90 Å². The summed E-state index contributed by atoms with van der Waals surface area (Å²) in [5, 5.41) is 0.510. The molecule has 2 unspecified atom stereocenters. The minimum absolute atomic E-state index is 0.0355. The molecule has 1 fully saturated rings. The summed E-state index contributed by atoms with van der Waals surface area (Å²) in [6.45, 7) is 0.799. The maximum Gasteiger partial charge on any atom is 0.401 e. The molecule has 1 aromatic rings. The van der Waals surface area contributed by atoms with Crippen molar-refractivity contribution in [1.29, 1.82) is 0 Å². The first-order valence-electron chi connectivity index (χ1n) is 6.61. The maximum atomic E-state index is 12.8. The number of hydrogen-bond acceptors (Lipinski definition) is 2. The summed E-state index contributed by atoms with van der Waals surface area (Å²) in [7, 11) is 0. The molecule has 2 nitrogen and oxygen atoms in total. The predicted molar refractivity (Wildman–Crippen MR) is 73.6 cm³/mol. The average molecular weight is 307 g/mol. The molecule has 0 aliphatic heterocycles. The normalized spacial score (nSPS) is 19.1. The van der Waals surface area contributed by atoms with Crippen LogP contribution in [0.3, 0.4) is 0 Å².